The molecular weight excluding hydrogens is 278 g/mol. The molecule has 108 valence electrons. The van der Waals surface area contributed by atoms with Crippen molar-refractivity contribution in [1.29, 1.82) is 0 Å². The Morgan fingerprint density at radius 2 is 1.90 bits per heavy atom. The molecule has 0 saturated carbocycles. The van der Waals surface area contributed by atoms with Crippen LogP contribution in [0.5, 0.6) is 11.5 Å². The number of aryl methyl sites for hydroxylation is 1. The predicted octanol–water partition coefficient (Wildman–Crippen LogP) is 3.57. The van der Waals surface area contributed by atoms with Crippen LogP contribution in [0.3, 0.4) is 0 Å². The molecule has 1 aromatic heterocycles. The Balaban J connectivity index is 2.52. The number of rotatable bonds is 5. The van der Waals surface area contributed by atoms with E-state index in [1.807, 2.05) is 38.2 Å². The van der Waals surface area contributed by atoms with E-state index in [1.54, 1.807) is 14.2 Å². The van der Waals surface area contributed by atoms with Crippen LogP contribution in [0, 0.1) is 6.92 Å². The van der Waals surface area contributed by atoms with Gasteiger partial charge >= 0.3 is 0 Å². The first kappa shape index (κ1) is 14.8. The molecule has 0 radical (unpaired) electrons. The fourth-order valence-corrected chi connectivity index (χ4v) is 2.53. The van der Waals surface area contributed by atoms with E-state index in [0.717, 1.165) is 17.1 Å². The lowest BCUT2D eigenvalue weighted by Gasteiger charge is -2.19. The zero-order valence-electron chi connectivity index (χ0n) is 12.0. The number of methoxy groups -OCH3 is 2. The van der Waals surface area contributed by atoms with Crippen molar-refractivity contribution in [1.82, 2.24) is 5.32 Å². The highest BCUT2D eigenvalue weighted by Crippen LogP contribution is 2.41. The van der Waals surface area contributed by atoms with Gasteiger partial charge in [-0.3, -0.25) is 0 Å². The summed E-state index contributed by atoms with van der Waals surface area (Å²) < 4.78 is 16.3. The molecule has 0 aliphatic carbocycles. The smallest absolute Gasteiger partial charge is 0.146 e. The molecule has 2 rings (SSSR count). The largest absolute Gasteiger partial charge is 0.495 e. The Morgan fingerprint density at radius 1 is 1.15 bits per heavy atom. The minimum Gasteiger partial charge on any atom is -0.495 e. The average Bonchev–Trinajstić information content (AvgIpc) is 2.86. The van der Waals surface area contributed by atoms with Crippen molar-refractivity contribution >= 4 is 11.6 Å². The molecule has 1 N–H and O–H groups in total. The molecule has 20 heavy (non-hydrogen) atoms. The van der Waals surface area contributed by atoms with Gasteiger partial charge in [0, 0.05) is 5.56 Å². The van der Waals surface area contributed by atoms with Crippen LogP contribution in [-0.2, 0) is 0 Å². The quantitative estimate of drug-likeness (QED) is 0.916. The fraction of sp³-hybridized carbons (Fsp3) is 0.333. The molecule has 5 heteroatoms. The third-order valence-corrected chi connectivity index (χ3v) is 3.52. The van der Waals surface area contributed by atoms with Gasteiger partial charge in [-0.25, -0.2) is 0 Å². The first-order chi connectivity index (χ1) is 9.62. The highest BCUT2D eigenvalue weighted by molar-refractivity contribution is 6.33. The predicted molar refractivity (Wildman–Crippen MR) is 78.9 cm³/mol. The van der Waals surface area contributed by atoms with Crippen LogP contribution < -0.4 is 14.8 Å². The zero-order chi connectivity index (χ0) is 14.7. The van der Waals surface area contributed by atoms with Crippen molar-refractivity contribution in [3.63, 3.8) is 0 Å². The van der Waals surface area contributed by atoms with E-state index < -0.39 is 0 Å². The van der Waals surface area contributed by atoms with Gasteiger partial charge in [0.2, 0.25) is 0 Å². The van der Waals surface area contributed by atoms with E-state index in [1.165, 1.54) is 0 Å². The number of hydrogen-bond acceptors (Lipinski definition) is 4. The van der Waals surface area contributed by atoms with Gasteiger partial charge in [0.15, 0.2) is 0 Å². The molecule has 0 saturated heterocycles. The lowest BCUT2D eigenvalue weighted by Crippen LogP contribution is -2.18. The number of halogens is 1. The number of hydrogen-bond donors (Lipinski definition) is 1. The first-order valence-electron chi connectivity index (χ1n) is 6.26. The van der Waals surface area contributed by atoms with Gasteiger partial charge in [0.1, 0.15) is 28.0 Å². The molecule has 1 heterocycles. The SMILES string of the molecule is CNC(c1ccc(C)o1)c1ccc(OC)c(Cl)c1OC. The summed E-state index contributed by atoms with van der Waals surface area (Å²) in [6.45, 7) is 1.91. The van der Waals surface area contributed by atoms with Crippen molar-refractivity contribution in [3.8, 4) is 11.5 Å². The van der Waals surface area contributed by atoms with Gasteiger partial charge in [-0.2, -0.15) is 0 Å². The van der Waals surface area contributed by atoms with Crippen LogP contribution in [0.2, 0.25) is 5.02 Å². The highest BCUT2D eigenvalue weighted by atomic mass is 35.5. The first-order valence-corrected chi connectivity index (χ1v) is 6.64. The lowest BCUT2D eigenvalue weighted by molar-refractivity contribution is 0.382. The van der Waals surface area contributed by atoms with Crippen LogP contribution in [0.15, 0.2) is 28.7 Å². The molecule has 0 amide bonds. The van der Waals surface area contributed by atoms with Gasteiger partial charge in [0.05, 0.1) is 20.3 Å². The van der Waals surface area contributed by atoms with Crippen molar-refractivity contribution in [2.24, 2.45) is 0 Å². The van der Waals surface area contributed by atoms with E-state index >= 15 is 0 Å². The van der Waals surface area contributed by atoms with Crippen molar-refractivity contribution in [3.05, 3.63) is 46.4 Å². The van der Waals surface area contributed by atoms with E-state index in [2.05, 4.69) is 5.32 Å². The number of furan rings is 1. The third kappa shape index (κ3) is 2.62. The highest BCUT2D eigenvalue weighted by Gasteiger charge is 2.23. The van der Waals surface area contributed by atoms with E-state index in [9.17, 15) is 0 Å². The van der Waals surface area contributed by atoms with Crippen LogP contribution in [-0.4, -0.2) is 21.3 Å². The standard InChI is InChI=1S/C15H18ClNO3/c1-9-5-7-12(20-9)14(17-2)10-6-8-11(18-3)13(16)15(10)19-4/h5-8,14,17H,1-4H3. The zero-order valence-corrected chi connectivity index (χ0v) is 12.7. The molecule has 0 spiro atoms. The molecule has 0 aliphatic rings. The lowest BCUT2D eigenvalue weighted by atomic mass is 10.0. The Bertz CT molecular complexity index is 595. The van der Waals surface area contributed by atoms with Gasteiger partial charge in [0.25, 0.3) is 0 Å². The van der Waals surface area contributed by atoms with Gasteiger partial charge in [-0.05, 0) is 38.2 Å². The normalized spacial score (nSPS) is 12.2. The Morgan fingerprint density at radius 3 is 2.40 bits per heavy atom. The second-order valence-corrected chi connectivity index (χ2v) is 4.75. The van der Waals surface area contributed by atoms with Gasteiger partial charge in [-0.15, -0.1) is 0 Å². The summed E-state index contributed by atoms with van der Waals surface area (Å²) in [5.41, 5.74) is 0.898. The molecule has 1 unspecified atom stereocenters. The van der Waals surface area contributed by atoms with Crippen LogP contribution in [0.1, 0.15) is 23.1 Å². The molecule has 0 bridgehead atoms. The van der Waals surface area contributed by atoms with Crippen LogP contribution in [0.25, 0.3) is 0 Å². The summed E-state index contributed by atoms with van der Waals surface area (Å²) in [6.07, 6.45) is 0. The maximum atomic E-state index is 6.30. The molecular formula is C15H18ClNO3. The summed E-state index contributed by atoms with van der Waals surface area (Å²) in [5.74, 6) is 2.83. The van der Waals surface area contributed by atoms with Gasteiger partial charge < -0.3 is 19.2 Å². The summed E-state index contributed by atoms with van der Waals surface area (Å²) >= 11 is 6.30. The molecule has 2 aromatic rings. The second-order valence-electron chi connectivity index (χ2n) is 4.37. The Labute approximate surface area is 123 Å². The van der Waals surface area contributed by atoms with Gasteiger partial charge in [-0.1, -0.05) is 11.6 Å². The summed E-state index contributed by atoms with van der Waals surface area (Å²) in [5, 5.41) is 3.67. The van der Waals surface area contributed by atoms with Crippen molar-refractivity contribution in [2.45, 2.75) is 13.0 Å². The Kier molecular flexibility index (Phi) is 4.57. The average molecular weight is 296 g/mol. The van der Waals surface area contributed by atoms with E-state index in [0.29, 0.717) is 16.5 Å². The maximum Gasteiger partial charge on any atom is 0.146 e. The van der Waals surface area contributed by atoms with E-state index in [-0.39, 0.29) is 6.04 Å². The summed E-state index contributed by atoms with van der Waals surface area (Å²) in [4.78, 5) is 0. The maximum absolute atomic E-state index is 6.30. The minimum atomic E-state index is -0.137. The van der Waals surface area contributed by atoms with Crippen molar-refractivity contribution < 1.29 is 13.9 Å². The fourth-order valence-electron chi connectivity index (χ4n) is 2.20. The Hall–Kier alpha value is -1.65. The summed E-state index contributed by atoms with van der Waals surface area (Å²) in [7, 11) is 5.02. The third-order valence-electron chi connectivity index (χ3n) is 3.16. The molecule has 1 aromatic carbocycles. The number of ether oxygens (including phenoxy) is 2. The minimum absolute atomic E-state index is 0.137. The molecule has 0 fully saturated rings. The molecule has 0 aliphatic heterocycles. The monoisotopic (exact) mass is 295 g/mol. The topological polar surface area (TPSA) is 43.6 Å². The molecule has 4 nitrogen and oxygen atoms in total. The van der Waals surface area contributed by atoms with Crippen LogP contribution in [0.4, 0.5) is 0 Å². The number of nitrogens with one attached hydrogen (secondary N) is 1. The van der Waals surface area contributed by atoms with Crippen LogP contribution >= 0.6 is 11.6 Å². The second kappa shape index (κ2) is 6.20. The summed E-state index contributed by atoms with van der Waals surface area (Å²) in [6, 6.07) is 7.47. The number of benzene rings is 1. The van der Waals surface area contributed by atoms with E-state index in [4.69, 9.17) is 25.5 Å². The van der Waals surface area contributed by atoms with Crippen molar-refractivity contribution in [2.75, 3.05) is 21.3 Å². The molecule has 1 atom stereocenters.